The van der Waals surface area contributed by atoms with Crippen LogP contribution in [0.3, 0.4) is 0 Å². The zero-order chi connectivity index (χ0) is 27.5. The van der Waals surface area contributed by atoms with Crippen molar-refractivity contribution in [1.82, 2.24) is 10.2 Å². The van der Waals surface area contributed by atoms with Crippen LogP contribution in [0.15, 0.2) is 47.7 Å². The Morgan fingerprint density at radius 2 is 1.84 bits per heavy atom. The first kappa shape index (κ1) is 25.9. The minimum Gasteiger partial charge on any atom is -0.443 e. The molecule has 2 fully saturated rings. The van der Waals surface area contributed by atoms with Crippen LogP contribution in [0.25, 0.3) is 11.1 Å². The Balaban J connectivity index is 1.28. The number of benzene rings is 2. The van der Waals surface area contributed by atoms with Gasteiger partial charge in [-0.1, -0.05) is 25.1 Å². The molecule has 5 unspecified atom stereocenters. The summed E-state index contributed by atoms with van der Waals surface area (Å²) in [7, 11) is 0. The van der Waals surface area contributed by atoms with Crippen LogP contribution >= 0.6 is 0 Å². The number of rotatable bonds is 5. The zero-order valence-electron chi connectivity index (χ0n) is 21.7. The van der Waals surface area contributed by atoms with Crippen LogP contribution in [0.2, 0.25) is 0 Å². The van der Waals surface area contributed by atoms with Crippen molar-refractivity contribution in [3.05, 3.63) is 70.4 Å². The normalized spacial score (nSPS) is 24.1. The van der Waals surface area contributed by atoms with E-state index < -0.39 is 35.5 Å². The summed E-state index contributed by atoms with van der Waals surface area (Å²) in [6.45, 7) is 7.44. The van der Waals surface area contributed by atoms with E-state index in [1.54, 1.807) is 45.0 Å². The summed E-state index contributed by atoms with van der Waals surface area (Å²) >= 11 is 0. The molecule has 9 heteroatoms. The Morgan fingerprint density at radius 1 is 1.18 bits per heavy atom. The van der Waals surface area contributed by atoms with Crippen LogP contribution in [0.4, 0.5) is 13.6 Å². The summed E-state index contributed by atoms with van der Waals surface area (Å²) in [5, 5.41) is 11.7. The van der Waals surface area contributed by atoms with Gasteiger partial charge in [-0.25, -0.2) is 13.6 Å². The standard InChI is InChI=1S/C29H30F2N4O3/c1-14-24-19-12-22(25(14)24)35(28(37)38-29(2,3)4)26(19)27(36)34-23(33)11-17-7-5-15(9-20(17)30)16-6-8-18(13-32)21(31)10-16/h5-10,14,19,23-24,26H,11-12,33H2,1-4H3,(H,34,36). The summed E-state index contributed by atoms with van der Waals surface area (Å²) in [5.74, 6) is -0.979. The third kappa shape index (κ3) is 4.54. The number of nitrogens with two attached hydrogens (primary N) is 1. The number of hydrogen-bond donors (Lipinski definition) is 2. The molecular formula is C29H30F2N4O3. The molecule has 2 bridgehead atoms. The predicted molar refractivity (Wildman–Crippen MR) is 136 cm³/mol. The lowest BCUT2D eigenvalue weighted by molar-refractivity contribution is -0.127. The highest BCUT2D eigenvalue weighted by atomic mass is 19.1. The summed E-state index contributed by atoms with van der Waals surface area (Å²) in [4.78, 5) is 27.9. The molecule has 0 radical (unpaired) electrons. The Kier molecular flexibility index (Phi) is 6.27. The van der Waals surface area contributed by atoms with E-state index >= 15 is 0 Å². The fourth-order valence-electron chi connectivity index (χ4n) is 5.93. The second kappa shape index (κ2) is 9.21. The maximum atomic E-state index is 14.9. The van der Waals surface area contributed by atoms with Gasteiger partial charge in [0.1, 0.15) is 29.3 Å². The lowest BCUT2D eigenvalue weighted by Gasteiger charge is -2.32. The molecule has 2 amide bonds. The van der Waals surface area contributed by atoms with Crippen LogP contribution in [-0.2, 0) is 16.0 Å². The van der Waals surface area contributed by atoms with Crippen LogP contribution in [-0.4, -0.2) is 34.7 Å². The van der Waals surface area contributed by atoms with E-state index in [0.29, 0.717) is 29.4 Å². The smallest absolute Gasteiger partial charge is 0.415 e. The molecule has 7 nitrogen and oxygen atoms in total. The van der Waals surface area contributed by atoms with Crippen molar-refractivity contribution in [2.45, 2.75) is 58.3 Å². The molecule has 2 aliphatic carbocycles. The van der Waals surface area contributed by atoms with E-state index in [1.165, 1.54) is 28.7 Å². The number of carbonyl (C=O) groups excluding carboxylic acids is 2. The highest BCUT2D eigenvalue weighted by Crippen LogP contribution is 2.65. The van der Waals surface area contributed by atoms with Gasteiger partial charge in [0.25, 0.3) is 0 Å². The number of carbonyl (C=O) groups is 2. The number of amides is 2. The number of nitrogens with zero attached hydrogens (tertiary/aromatic N) is 2. The molecule has 1 heterocycles. The maximum absolute atomic E-state index is 14.9. The van der Waals surface area contributed by atoms with Crippen molar-refractivity contribution in [1.29, 1.82) is 5.26 Å². The van der Waals surface area contributed by atoms with Crippen molar-refractivity contribution in [2.24, 2.45) is 23.5 Å². The van der Waals surface area contributed by atoms with Crippen molar-refractivity contribution in [3.8, 4) is 17.2 Å². The van der Waals surface area contributed by atoms with E-state index in [2.05, 4.69) is 12.2 Å². The van der Waals surface area contributed by atoms with Crippen molar-refractivity contribution in [2.75, 3.05) is 0 Å². The molecule has 0 spiro atoms. The first-order chi connectivity index (χ1) is 17.9. The average molecular weight is 521 g/mol. The molecule has 2 aromatic rings. The molecular weight excluding hydrogens is 490 g/mol. The van der Waals surface area contributed by atoms with E-state index in [9.17, 15) is 18.4 Å². The number of halogens is 2. The van der Waals surface area contributed by atoms with Crippen molar-refractivity contribution in [3.63, 3.8) is 0 Å². The molecule has 198 valence electrons. The average Bonchev–Trinajstić information content (AvgIpc) is 3.18. The predicted octanol–water partition coefficient (Wildman–Crippen LogP) is 4.61. The van der Waals surface area contributed by atoms with Gasteiger partial charge in [0, 0.05) is 18.0 Å². The van der Waals surface area contributed by atoms with Crippen LogP contribution in [0.1, 0.15) is 45.2 Å². The molecule has 1 saturated carbocycles. The van der Waals surface area contributed by atoms with E-state index in [-0.39, 0.29) is 29.4 Å². The Bertz CT molecular complexity index is 1410. The Labute approximate surface area is 220 Å². The minimum atomic E-state index is -0.889. The second-order valence-electron chi connectivity index (χ2n) is 11.3. The van der Waals surface area contributed by atoms with Gasteiger partial charge >= 0.3 is 6.09 Å². The van der Waals surface area contributed by atoms with E-state index in [0.717, 1.165) is 5.70 Å². The number of nitriles is 1. The molecule has 5 rings (SSSR count). The van der Waals surface area contributed by atoms with Gasteiger partial charge in [-0.2, -0.15) is 5.26 Å². The number of fused-ring (bicyclic) bond motifs is 4. The molecule has 1 saturated heterocycles. The highest BCUT2D eigenvalue weighted by Gasteiger charge is 2.64. The Morgan fingerprint density at radius 3 is 2.45 bits per heavy atom. The third-order valence-corrected chi connectivity index (χ3v) is 7.58. The van der Waals surface area contributed by atoms with Gasteiger partial charge in [-0.05, 0) is 79.5 Å². The quantitative estimate of drug-likeness (QED) is 0.560. The van der Waals surface area contributed by atoms with E-state index in [1.807, 2.05) is 0 Å². The lowest BCUT2D eigenvalue weighted by atomic mass is 9.94. The molecule has 1 aliphatic heterocycles. The number of hydrogen-bond acceptors (Lipinski definition) is 5. The fraction of sp³-hybridized carbons (Fsp3) is 0.414. The van der Waals surface area contributed by atoms with Gasteiger partial charge in [0.2, 0.25) is 5.91 Å². The van der Waals surface area contributed by atoms with Gasteiger partial charge in [-0.3, -0.25) is 9.69 Å². The summed E-state index contributed by atoms with van der Waals surface area (Å²) in [6, 6.07) is 9.57. The van der Waals surface area contributed by atoms with Gasteiger partial charge in [0.15, 0.2) is 0 Å². The number of allylic oxidation sites excluding steroid dienone is 2. The molecule has 3 N–H and O–H groups in total. The van der Waals surface area contributed by atoms with E-state index in [4.69, 9.17) is 15.7 Å². The molecule has 3 aliphatic rings. The number of likely N-dealkylation sites (tertiary alicyclic amines) is 1. The topological polar surface area (TPSA) is 108 Å². The monoisotopic (exact) mass is 520 g/mol. The third-order valence-electron chi connectivity index (χ3n) is 7.58. The molecule has 2 aromatic carbocycles. The summed E-state index contributed by atoms with van der Waals surface area (Å²) < 4.78 is 34.5. The van der Waals surface area contributed by atoms with Gasteiger partial charge in [0.05, 0.1) is 11.7 Å². The van der Waals surface area contributed by atoms with Gasteiger partial charge in [-0.15, -0.1) is 0 Å². The van der Waals surface area contributed by atoms with Crippen LogP contribution < -0.4 is 11.1 Å². The van der Waals surface area contributed by atoms with Crippen LogP contribution in [0.5, 0.6) is 0 Å². The Hall–Kier alpha value is -3.77. The largest absolute Gasteiger partial charge is 0.443 e. The molecule has 5 atom stereocenters. The first-order valence-corrected chi connectivity index (χ1v) is 12.7. The number of nitrogens with one attached hydrogen (secondary N) is 1. The lowest BCUT2D eigenvalue weighted by Crippen LogP contribution is -2.55. The summed E-state index contributed by atoms with van der Waals surface area (Å²) in [6.07, 6.45) is -0.755. The minimum absolute atomic E-state index is 0.0152. The fourth-order valence-corrected chi connectivity index (χ4v) is 5.93. The SMILES string of the molecule is CC1C2=C3CC(C21)C(C(=O)NC(N)Cc1ccc(-c2ccc(C#N)c(F)c2)cc1F)N3C(=O)OC(C)(C)C. The van der Waals surface area contributed by atoms with Gasteiger partial charge < -0.3 is 15.8 Å². The summed E-state index contributed by atoms with van der Waals surface area (Å²) in [5.41, 5.74) is 8.71. The van der Waals surface area contributed by atoms with Crippen molar-refractivity contribution < 1.29 is 23.1 Å². The van der Waals surface area contributed by atoms with Crippen LogP contribution in [0, 0.1) is 40.7 Å². The second-order valence-corrected chi connectivity index (χ2v) is 11.3. The number of ether oxygens (including phenoxy) is 1. The highest BCUT2D eigenvalue weighted by molar-refractivity contribution is 5.89. The molecule has 0 aromatic heterocycles. The molecule has 38 heavy (non-hydrogen) atoms. The maximum Gasteiger partial charge on any atom is 0.415 e. The van der Waals surface area contributed by atoms with Crippen molar-refractivity contribution >= 4 is 12.0 Å². The zero-order valence-corrected chi connectivity index (χ0v) is 21.7. The first-order valence-electron chi connectivity index (χ1n) is 12.7.